The first kappa shape index (κ1) is 32.2. The SMILES string of the molecule is CCCCCCN1C(=O)c2cc(Br)c3c4c(Br)cc5c6c(cc(Br)c(c7c(Br)cc(c2c37)C1=O)c64)C(=O)N(CCCCCC)C5=O. The van der Waals surface area contributed by atoms with Crippen LogP contribution in [0, 0.1) is 0 Å². The van der Waals surface area contributed by atoms with Crippen LogP contribution in [0.1, 0.15) is 107 Å². The molecule has 0 spiro atoms. The number of nitrogens with zero attached hydrogens (tertiary/aromatic N) is 2. The minimum atomic E-state index is -0.293. The van der Waals surface area contributed by atoms with Gasteiger partial charge in [0.25, 0.3) is 23.6 Å². The van der Waals surface area contributed by atoms with Gasteiger partial charge in [0.2, 0.25) is 0 Å². The smallest absolute Gasteiger partial charge is 0.261 e. The van der Waals surface area contributed by atoms with Crippen LogP contribution in [-0.4, -0.2) is 46.5 Å². The van der Waals surface area contributed by atoms with E-state index in [9.17, 15) is 19.2 Å². The van der Waals surface area contributed by atoms with E-state index in [-0.39, 0.29) is 23.6 Å². The Morgan fingerprint density at radius 2 is 0.696 bits per heavy atom. The molecule has 2 heterocycles. The fourth-order valence-electron chi connectivity index (χ4n) is 7.36. The second-order valence-corrected chi connectivity index (χ2v) is 15.7. The van der Waals surface area contributed by atoms with Crippen LogP contribution in [0.25, 0.3) is 43.1 Å². The lowest BCUT2D eigenvalue weighted by Gasteiger charge is -2.31. The summed E-state index contributed by atoms with van der Waals surface area (Å²) >= 11 is 15.3. The van der Waals surface area contributed by atoms with Crippen molar-refractivity contribution in [2.75, 3.05) is 13.1 Å². The topological polar surface area (TPSA) is 74.8 Å². The van der Waals surface area contributed by atoms with Gasteiger partial charge in [0, 0.05) is 96.3 Å². The normalized spacial score (nSPS) is 14.8. The van der Waals surface area contributed by atoms with E-state index in [1.807, 2.05) is 24.3 Å². The van der Waals surface area contributed by atoms with E-state index in [0.717, 1.165) is 83.7 Å². The number of hydrogen-bond donors (Lipinski definition) is 0. The maximum absolute atomic E-state index is 13.9. The minimum absolute atomic E-state index is 0.293. The summed E-state index contributed by atoms with van der Waals surface area (Å²) in [6.07, 6.45) is 7.67. The van der Waals surface area contributed by atoms with Crippen LogP contribution in [0.5, 0.6) is 0 Å². The highest BCUT2D eigenvalue weighted by Gasteiger charge is 2.39. The van der Waals surface area contributed by atoms with Gasteiger partial charge >= 0.3 is 0 Å². The van der Waals surface area contributed by atoms with Crippen molar-refractivity contribution in [3.8, 4) is 0 Å². The number of hydrogen-bond acceptors (Lipinski definition) is 4. The van der Waals surface area contributed by atoms with E-state index in [4.69, 9.17) is 0 Å². The predicted molar refractivity (Wildman–Crippen MR) is 197 cm³/mol. The molecule has 5 aromatic carbocycles. The molecule has 46 heavy (non-hydrogen) atoms. The van der Waals surface area contributed by atoms with Gasteiger partial charge in [0.15, 0.2) is 0 Å². The van der Waals surface area contributed by atoms with Gasteiger partial charge in [-0.1, -0.05) is 116 Å². The molecule has 10 heteroatoms. The number of imide groups is 2. The summed E-state index contributed by atoms with van der Waals surface area (Å²) in [5, 5.41) is 6.05. The quantitative estimate of drug-likeness (QED) is 0.0606. The summed E-state index contributed by atoms with van der Waals surface area (Å²) in [4.78, 5) is 58.5. The van der Waals surface area contributed by atoms with E-state index in [1.54, 1.807) is 0 Å². The van der Waals surface area contributed by atoms with Crippen molar-refractivity contribution in [1.29, 1.82) is 0 Å². The van der Waals surface area contributed by atoms with Crippen LogP contribution >= 0.6 is 63.7 Å². The number of carbonyl (C=O) groups excluding carboxylic acids is 4. The Labute approximate surface area is 300 Å². The molecule has 2 aliphatic heterocycles. The zero-order valence-electron chi connectivity index (χ0n) is 25.4. The van der Waals surface area contributed by atoms with Gasteiger partial charge in [-0.3, -0.25) is 29.0 Å². The maximum Gasteiger partial charge on any atom is 0.261 e. The van der Waals surface area contributed by atoms with E-state index in [2.05, 4.69) is 77.6 Å². The molecule has 5 aromatic rings. The molecule has 6 nitrogen and oxygen atoms in total. The fourth-order valence-corrected chi connectivity index (χ4v) is 9.86. The molecule has 0 saturated heterocycles. The molecular weight excluding hydrogens is 844 g/mol. The van der Waals surface area contributed by atoms with Crippen molar-refractivity contribution in [3.63, 3.8) is 0 Å². The summed E-state index contributed by atoms with van der Waals surface area (Å²) < 4.78 is 2.79. The van der Waals surface area contributed by atoms with Crippen molar-refractivity contribution in [3.05, 3.63) is 64.4 Å². The molecule has 4 amide bonds. The molecule has 0 bridgehead atoms. The second-order valence-electron chi connectivity index (χ2n) is 12.3. The highest BCUT2D eigenvalue weighted by Crippen LogP contribution is 2.53. The molecule has 0 aliphatic carbocycles. The number of benzene rings is 5. The number of rotatable bonds is 10. The Bertz CT molecular complexity index is 1890. The van der Waals surface area contributed by atoms with Gasteiger partial charge in [-0.25, -0.2) is 0 Å². The van der Waals surface area contributed by atoms with Crippen molar-refractivity contribution in [2.45, 2.75) is 65.2 Å². The van der Waals surface area contributed by atoms with E-state index < -0.39 is 0 Å². The fraction of sp³-hybridized carbons (Fsp3) is 0.333. The van der Waals surface area contributed by atoms with Gasteiger partial charge in [0.1, 0.15) is 0 Å². The van der Waals surface area contributed by atoms with Gasteiger partial charge in [-0.05, 0) is 37.1 Å². The Morgan fingerprint density at radius 1 is 0.413 bits per heavy atom. The first-order valence-electron chi connectivity index (χ1n) is 15.8. The number of fused-ring (bicyclic) bond motifs is 2. The summed E-state index contributed by atoms with van der Waals surface area (Å²) in [6, 6.07) is 7.29. The van der Waals surface area contributed by atoms with Crippen LogP contribution in [0.4, 0.5) is 0 Å². The van der Waals surface area contributed by atoms with Crippen molar-refractivity contribution in [2.24, 2.45) is 0 Å². The highest BCUT2D eigenvalue weighted by molar-refractivity contribution is 9.11. The minimum Gasteiger partial charge on any atom is -0.274 e. The van der Waals surface area contributed by atoms with Gasteiger partial charge in [-0.15, -0.1) is 0 Å². The molecule has 0 fully saturated rings. The number of amides is 4. The molecule has 0 atom stereocenters. The summed E-state index contributed by atoms with van der Waals surface area (Å²) in [5.74, 6) is -1.17. The average molecular weight is 874 g/mol. The summed E-state index contributed by atoms with van der Waals surface area (Å²) in [7, 11) is 0. The third-order valence-corrected chi connectivity index (χ3v) is 12.0. The van der Waals surface area contributed by atoms with Crippen molar-refractivity contribution >= 4 is 130 Å². The van der Waals surface area contributed by atoms with Crippen LogP contribution in [0.3, 0.4) is 0 Å². The third-order valence-electron chi connectivity index (χ3n) is 9.49. The van der Waals surface area contributed by atoms with Crippen LogP contribution in [0.15, 0.2) is 42.2 Å². The maximum atomic E-state index is 13.9. The molecule has 0 aromatic heterocycles. The molecule has 0 unspecified atom stereocenters. The molecule has 0 radical (unpaired) electrons. The van der Waals surface area contributed by atoms with Gasteiger partial charge < -0.3 is 0 Å². The molecule has 0 saturated carbocycles. The first-order chi connectivity index (χ1) is 22.1. The highest BCUT2D eigenvalue weighted by atomic mass is 79.9. The number of unbranched alkanes of at least 4 members (excludes halogenated alkanes) is 6. The number of carbonyl (C=O) groups is 4. The molecular formula is C36H30Br4N2O4. The predicted octanol–water partition coefficient (Wildman–Crippen LogP) is 11.1. The average Bonchev–Trinajstić information content (AvgIpc) is 3.03. The van der Waals surface area contributed by atoms with E-state index in [1.165, 1.54) is 9.80 Å². The first-order valence-corrected chi connectivity index (χ1v) is 19.0. The summed E-state index contributed by atoms with van der Waals surface area (Å²) in [6.45, 7) is 5.01. The number of halogens is 4. The Balaban J connectivity index is 1.53. The van der Waals surface area contributed by atoms with Crippen molar-refractivity contribution < 1.29 is 19.2 Å². The Hall–Kier alpha value is -2.40. The zero-order valence-corrected chi connectivity index (χ0v) is 31.8. The monoisotopic (exact) mass is 870 g/mol. The van der Waals surface area contributed by atoms with Crippen LogP contribution in [0.2, 0.25) is 0 Å². The Kier molecular flexibility index (Phi) is 8.56. The lowest BCUT2D eigenvalue weighted by molar-refractivity contribution is 0.0592. The molecule has 7 rings (SSSR count). The Morgan fingerprint density at radius 3 is 0.957 bits per heavy atom. The van der Waals surface area contributed by atoms with Gasteiger partial charge in [-0.2, -0.15) is 0 Å². The molecule has 0 N–H and O–H groups in total. The lowest BCUT2D eigenvalue weighted by atomic mass is 9.82. The van der Waals surface area contributed by atoms with Crippen LogP contribution < -0.4 is 0 Å². The standard InChI is InChI=1S/C36H30Br4N2O4/c1-3-5-7-9-11-41-33(43)17-13-21(37)27-29-23(39)15-19-26-20(36(46)42(35(19)45)12-10-8-6-4-2)16-24(40)30(32(26)29)28-22(38)14-18(34(41)44)25(17)31(27)28/h13-16H,3-12H2,1-2H3. The molecule has 236 valence electrons. The third kappa shape index (κ3) is 4.64. The summed E-state index contributed by atoms with van der Waals surface area (Å²) in [5.41, 5.74) is 1.93. The largest absolute Gasteiger partial charge is 0.274 e. The van der Waals surface area contributed by atoms with Crippen molar-refractivity contribution in [1.82, 2.24) is 9.80 Å². The second kappa shape index (κ2) is 12.2. The van der Waals surface area contributed by atoms with E-state index in [0.29, 0.717) is 64.0 Å². The lowest BCUT2D eigenvalue weighted by Crippen LogP contribution is -2.41. The molecule has 2 aliphatic rings. The zero-order chi connectivity index (χ0) is 32.6. The van der Waals surface area contributed by atoms with Gasteiger partial charge in [0.05, 0.1) is 0 Å². The van der Waals surface area contributed by atoms with E-state index >= 15 is 0 Å². The van der Waals surface area contributed by atoms with Crippen LogP contribution in [-0.2, 0) is 0 Å².